The van der Waals surface area contributed by atoms with Gasteiger partial charge in [-0.2, -0.15) is 5.10 Å². The maximum absolute atomic E-state index is 12.5. The molecule has 13 heavy (non-hydrogen) atoms. The minimum Gasteiger partial charge on any atom is -0.258 e. The van der Waals surface area contributed by atoms with Gasteiger partial charge in [0.2, 0.25) is 0 Å². The molecule has 0 aliphatic heterocycles. The third-order valence-corrected chi connectivity index (χ3v) is 1.91. The first kappa shape index (κ1) is 8.09. The summed E-state index contributed by atoms with van der Waals surface area (Å²) in [6.45, 7) is 0. The van der Waals surface area contributed by atoms with Crippen molar-refractivity contribution in [1.29, 1.82) is 0 Å². The SMILES string of the molecule is O=[N+]([O-])c1cnn(C2CC2(F)F)c1. The zero-order valence-electron chi connectivity index (χ0n) is 6.35. The van der Waals surface area contributed by atoms with Crippen LogP contribution in [0.25, 0.3) is 0 Å². The van der Waals surface area contributed by atoms with E-state index in [1.165, 1.54) is 0 Å². The Kier molecular flexibility index (Phi) is 1.39. The summed E-state index contributed by atoms with van der Waals surface area (Å²) in [5.74, 6) is -2.75. The highest BCUT2D eigenvalue weighted by Gasteiger charge is 2.59. The average molecular weight is 189 g/mol. The molecule has 7 heteroatoms. The molecular weight excluding hydrogens is 184 g/mol. The van der Waals surface area contributed by atoms with Crippen molar-refractivity contribution in [2.45, 2.75) is 18.4 Å². The zero-order valence-corrected chi connectivity index (χ0v) is 6.35. The molecule has 0 bridgehead atoms. The van der Waals surface area contributed by atoms with Crippen molar-refractivity contribution >= 4 is 5.69 Å². The van der Waals surface area contributed by atoms with Crippen molar-refractivity contribution < 1.29 is 13.7 Å². The van der Waals surface area contributed by atoms with Gasteiger partial charge in [-0.1, -0.05) is 0 Å². The Bertz CT molecular complexity index is 363. The Morgan fingerprint density at radius 1 is 1.77 bits per heavy atom. The van der Waals surface area contributed by atoms with Crippen LogP contribution in [0.4, 0.5) is 14.5 Å². The van der Waals surface area contributed by atoms with Gasteiger partial charge in [0.15, 0.2) is 0 Å². The van der Waals surface area contributed by atoms with Gasteiger partial charge in [0.25, 0.3) is 5.92 Å². The summed E-state index contributed by atoms with van der Waals surface area (Å²) >= 11 is 0. The molecule has 1 atom stereocenters. The van der Waals surface area contributed by atoms with Gasteiger partial charge in [0.05, 0.1) is 4.92 Å². The molecule has 1 aromatic heterocycles. The maximum atomic E-state index is 12.5. The van der Waals surface area contributed by atoms with Crippen LogP contribution in [0.15, 0.2) is 12.4 Å². The van der Waals surface area contributed by atoms with Crippen molar-refractivity contribution in [2.24, 2.45) is 0 Å². The summed E-state index contributed by atoms with van der Waals surface area (Å²) in [5, 5.41) is 13.7. The Labute approximate surface area is 71.1 Å². The average Bonchev–Trinajstić information content (AvgIpc) is 2.50. The minimum atomic E-state index is -2.75. The molecule has 1 aliphatic carbocycles. The van der Waals surface area contributed by atoms with Crippen LogP contribution in [0.5, 0.6) is 0 Å². The molecule has 1 aliphatic rings. The topological polar surface area (TPSA) is 61.0 Å². The van der Waals surface area contributed by atoms with E-state index in [1.54, 1.807) is 0 Å². The molecule has 2 rings (SSSR count). The van der Waals surface area contributed by atoms with E-state index >= 15 is 0 Å². The number of hydrogen-bond donors (Lipinski definition) is 0. The second kappa shape index (κ2) is 2.24. The molecule has 1 heterocycles. The molecular formula is C6H5F2N3O2. The van der Waals surface area contributed by atoms with Crippen LogP contribution in [0.1, 0.15) is 12.5 Å². The summed E-state index contributed by atoms with van der Waals surface area (Å²) in [4.78, 5) is 9.52. The Balaban J connectivity index is 2.20. The van der Waals surface area contributed by atoms with Gasteiger partial charge in [0.1, 0.15) is 18.4 Å². The molecule has 0 aromatic carbocycles. The van der Waals surface area contributed by atoms with Crippen LogP contribution in [-0.4, -0.2) is 20.6 Å². The van der Waals surface area contributed by atoms with Gasteiger partial charge >= 0.3 is 5.69 Å². The lowest BCUT2D eigenvalue weighted by molar-refractivity contribution is -0.385. The molecule has 0 saturated heterocycles. The fourth-order valence-electron chi connectivity index (χ4n) is 1.08. The highest BCUT2D eigenvalue weighted by molar-refractivity contribution is 5.22. The molecule has 1 unspecified atom stereocenters. The summed E-state index contributed by atoms with van der Waals surface area (Å²) in [6, 6.07) is -0.999. The number of nitrogens with zero attached hydrogens (tertiary/aromatic N) is 3. The van der Waals surface area contributed by atoms with Crippen LogP contribution in [0, 0.1) is 10.1 Å². The van der Waals surface area contributed by atoms with Crippen LogP contribution in [0.3, 0.4) is 0 Å². The smallest absolute Gasteiger partial charge is 0.258 e. The Hall–Kier alpha value is -1.53. The van der Waals surface area contributed by atoms with E-state index in [-0.39, 0.29) is 12.1 Å². The number of hydrogen-bond acceptors (Lipinski definition) is 3. The zero-order chi connectivity index (χ0) is 9.64. The van der Waals surface area contributed by atoms with Gasteiger partial charge in [-0.15, -0.1) is 0 Å². The molecule has 5 nitrogen and oxygen atoms in total. The van der Waals surface area contributed by atoms with Gasteiger partial charge in [-0.25, -0.2) is 8.78 Å². The van der Waals surface area contributed by atoms with E-state index in [0.29, 0.717) is 0 Å². The third kappa shape index (κ3) is 1.25. The minimum absolute atomic E-state index is 0.261. The molecule has 0 spiro atoms. The quantitative estimate of drug-likeness (QED) is 0.521. The van der Waals surface area contributed by atoms with Crippen LogP contribution in [0.2, 0.25) is 0 Å². The molecule has 0 amide bonds. The molecule has 0 radical (unpaired) electrons. The molecule has 0 N–H and O–H groups in total. The normalized spacial score (nSPS) is 24.3. The van der Waals surface area contributed by atoms with Crippen LogP contribution in [-0.2, 0) is 0 Å². The first-order valence-electron chi connectivity index (χ1n) is 3.57. The first-order chi connectivity index (χ1) is 6.00. The highest BCUT2D eigenvalue weighted by atomic mass is 19.3. The van der Waals surface area contributed by atoms with Gasteiger partial charge in [-0.05, 0) is 0 Å². The lowest BCUT2D eigenvalue weighted by Crippen LogP contribution is -2.02. The first-order valence-corrected chi connectivity index (χ1v) is 3.57. The van der Waals surface area contributed by atoms with Crippen molar-refractivity contribution in [1.82, 2.24) is 9.78 Å². The molecule has 1 fully saturated rings. The second-order valence-electron chi connectivity index (χ2n) is 2.92. The third-order valence-electron chi connectivity index (χ3n) is 1.91. The largest absolute Gasteiger partial charge is 0.307 e. The predicted molar refractivity (Wildman–Crippen MR) is 37.5 cm³/mol. The summed E-state index contributed by atoms with van der Waals surface area (Å²) in [6.07, 6.45) is 1.70. The summed E-state index contributed by atoms with van der Waals surface area (Å²) in [5.41, 5.74) is -0.261. The van der Waals surface area contributed by atoms with Crippen molar-refractivity contribution in [3.8, 4) is 0 Å². The number of nitro groups is 1. The van der Waals surface area contributed by atoms with E-state index in [9.17, 15) is 18.9 Å². The van der Waals surface area contributed by atoms with E-state index in [2.05, 4.69) is 5.10 Å². The monoisotopic (exact) mass is 189 g/mol. The standard InChI is InChI=1S/C6H5F2N3O2/c7-6(8)1-5(6)10-3-4(2-9-10)11(12)13/h2-3,5H,1H2. The number of rotatable bonds is 2. The van der Waals surface area contributed by atoms with Crippen LogP contribution >= 0.6 is 0 Å². The van der Waals surface area contributed by atoms with Gasteiger partial charge < -0.3 is 0 Å². The van der Waals surface area contributed by atoms with Crippen molar-refractivity contribution in [3.63, 3.8) is 0 Å². The number of alkyl halides is 2. The van der Waals surface area contributed by atoms with E-state index in [0.717, 1.165) is 17.1 Å². The van der Waals surface area contributed by atoms with E-state index in [1.807, 2.05) is 0 Å². The van der Waals surface area contributed by atoms with Gasteiger partial charge in [0, 0.05) is 6.42 Å². The fourth-order valence-corrected chi connectivity index (χ4v) is 1.08. The fraction of sp³-hybridized carbons (Fsp3) is 0.500. The maximum Gasteiger partial charge on any atom is 0.307 e. The predicted octanol–water partition coefficient (Wildman–Crippen LogP) is 1.37. The lowest BCUT2D eigenvalue weighted by Gasteiger charge is -1.95. The molecule has 1 saturated carbocycles. The highest BCUT2D eigenvalue weighted by Crippen LogP contribution is 2.52. The Morgan fingerprint density at radius 2 is 2.38 bits per heavy atom. The van der Waals surface area contributed by atoms with Crippen molar-refractivity contribution in [3.05, 3.63) is 22.5 Å². The Morgan fingerprint density at radius 3 is 2.77 bits per heavy atom. The number of aromatic nitrogens is 2. The lowest BCUT2D eigenvalue weighted by atomic mass is 10.6. The summed E-state index contributed by atoms with van der Waals surface area (Å²) in [7, 11) is 0. The molecule has 1 aromatic rings. The van der Waals surface area contributed by atoms with Crippen LogP contribution < -0.4 is 0 Å². The second-order valence-corrected chi connectivity index (χ2v) is 2.92. The van der Waals surface area contributed by atoms with Gasteiger partial charge in [-0.3, -0.25) is 14.8 Å². The number of halogens is 2. The van der Waals surface area contributed by atoms with E-state index in [4.69, 9.17) is 0 Å². The summed E-state index contributed by atoms with van der Waals surface area (Å²) < 4.78 is 25.9. The van der Waals surface area contributed by atoms with E-state index < -0.39 is 16.9 Å². The van der Waals surface area contributed by atoms with Crippen molar-refractivity contribution in [2.75, 3.05) is 0 Å². The molecule has 70 valence electrons.